The number of rotatable bonds is 6. The second-order valence-corrected chi connectivity index (χ2v) is 4.21. The van der Waals surface area contributed by atoms with E-state index in [1.54, 1.807) is 13.0 Å². The molecule has 0 spiro atoms. The van der Waals surface area contributed by atoms with Gasteiger partial charge in [-0.25, -0.2) is 4.98 Å². The molecule has 0 amide bonds. The van der Waals surface area contributed by atoms with Gasteiger partial charge in [0.1, 0.15) is 12.6 Å². The molecule has 1 N–H and O–H groups in total. The zero-order valence-electron chi connectivity index (χ0n) is 11.1. The van der Waals surface area contributed by atoms with E-state index in [9.17, 15) is 14.9 Å². The average Bonchev–Trinajstić information content (AvgIpc) is 2.43. The number of aliphatic carboxylic acids is 1. The molecule has 8 nitrogen and oxygen atoms in total. The van der Waals surface area contributed by atoms with Gasteiger partial charge >= 0.3 is 11.7 Å². The number of aromatic nitrogens is 1. The van der Waals surface area contributed by atoms with Crippen molar-refractivity contribution in [3.05, 3.63) is 27.9 Å². The van der Waals surface area contributed by atoms with Gasteiger partial charge in [-0.05, 0) is 13.3 Å². The Morgan fingerprint density at radius 3 is 2.80 bits per heavy atom. The minimum absolute atomic E-state index is 0.0363. The summed E-state index contributed by atoms with van der Waals surface area (Å²) < 4.78 is 0. The van der Waals surface area contributed by atoms with Crippen molar-refractivity contribution in [2.75, 3.05) is 11.4 Å². The van der Waals surface area contributed by atoms with Gasteiger partial charge in [0.15, 0.2) is 0 Å². The monoisotopic (exact) mass is 278 g/mol. The third-order valence-electron chi connectivity index (χ3n) is 2.87. The topological polar surface area (TPSA) is 120 Å². The quantitative estimate of drug-likeness (QED) is 0.619. The predicted octanol–water partition coefficient (Wildman–Crippen LogP) is 1.55. The van der Waals surface area contributed by atoms with E-state index < -0.39 is 17.4 Å². The molecular formula is C12H14N4O4. The minimum atomic E-state index is -1.11. The van der Waals surface area contributed by atoms with Crippen LogP contribution in [0, 0.1) is 21.4 Å². The highest BCUT2D eigenvalue weighted by Crippen LogP contribution is 2.28. The number of nitrogens with zero attached hydrogens (tertiary/aromatic N) is 4. The first kappa shape index (κ1) is 15.4. The highest BCUT2D eigenvalue weighted by molar-refractivity contribution is 5.75. The summed E-state index contributed by atoms with van der Waals surface area (Å²) in [5.41, 5.74) is -0.314. The van der Waals surface area contributed by atoms with Gasteiger partial charge < -0.3 is 10.0 Å². The van der Waals surface area contributed by atoms with Gasteiger partial charge in [0.25, 0.3) is 0 Å². The Bertz CT molecular complexity index is 567. The Morgan fingerprint density at radius 1 is 1.70 bits per heavy atom. The van der Waals surface area contributed by atoms with Crippen LogP contribution < -0.4 is 4.90 Å². The van der Waals surface area contributed by atoms with E-state index in [-0.39, 0.29) is 23.1 Å². The van der Waals surface area contributed by atoms with Crippen LogP contribution in [-0.2, 0) is 4.79 Å². The molecule has 0 fully saturated rings. The molecule has 1 rings (SSSR count). The molecule has 0 aromatic carbocycles. The van der Waals surface area contributed by atoms with E-state index in [4.69, 9.17) is 10.4 Å². The summed E-state index contributed by atoms with van der Waals surface area (Å²) in [6.45, 7) is 3.20. The first-order valence-electron chi connectivity index (χ1n) is 5.93. The third-order valence-corrected chi connectivity index (χ3v) is 2.87. The zero-order chi connectivity index (χ0) is 15.3. The number of pyridine rings is 1. The van der Waals surface area contributed by atoms with Gasteiger partial charge in [-0.3, -0.25) is 14.9 Å². The van der Waals surface area contributed by atoms with Gasteiger partial charge in [-0.2, -0.15) is 5.26 Å². The first-order valence-corrected chi connectivity index (χ1v) is 5.93. The number of carboxylic acid groups (broad SMARTS) is 1. The molecule has 0 saturated carbocycles. The third kappa shape index (κ3) is 3.41. The molecule has 0 aliphatic rings. The summed E-state index contributed by atoms with van der Waals surface area (Å²) in [4.78, 5) is 26.6. The maximum absolute atomic E-state index is 11.1. The molecule has 1 heterocycles. The van der Waals surface area contributed by atoms with Crippen molar-refractivity contribution in [2.24, 2.45) is 0 Å². The predicted molar refractivity (Wildman–Crippen MR) is 70.3 cm³/mol. The largest absolute Gasteiger partial charge is 0.480 e. The van der Waals surface area contributed by atoms with Gasteiger partial charge in [-0.15, -0.1) is 0 Å². The van der Waals surface area contributed by atoms with Crippen LogP contribution in [-0.4, -0.2) is 33.6 Å². The molecule has 0 aliphatic heterocycles. The van der Waals surface area contributed by atoms with E-state index in [0.717, 1.165) is 6.07 Å². The Kier molecular flexibility index (Phi) is 4.97. The van der Waals surface area contributed by atoms with Crippen LogP contribution in [0.1, 0.15) is 25.8 Å². The molecule has 0 aliphatic carbocycles. The second-order valence-electron chi connectivity index (χ2n) is 4.21. The van der Waals surface area contributed by atoms with E-state index >= 15 is 0 Å². The van der Waals surface area contributed by atoms with Crippen molar-refractivity contribution in [3.63, 3.8) is 0 Å². The molecular weight excluding hydrogens is 264 g/mol. The summed E-state index contributed by atoms with van der Waals surface area (Å²) in [7, 11) is 0. The Morgan fingerprint density at radius 2 is 2.35 bits per heavy atom. The van der Waals surface area contributed by atoms with Crippen LogP contribution in [0.3, 0.4) is 0 Å². The molecule has 1 aromatic heterocycles. The Labute approximate surface area is 115 Å². The lowest BCUT2D eigenvalue weighted by Crippen LogP contribution is -2.38. The molecule has 0 saturated heterocycles. The fourth-order valence-corrected chi connectivity index (χ4v) is 1.67. The molecule has 0 radical (unpaired) electrons. The van der Waals surface area contributed by atoms with E-state index in [1.807, 2.05) is 6.92 Å². The van der Waals surface area contributed by atoms with E-state index in [0.29, 0.717) is 6.42 Å². The summed E-state index contributed by atoms with van der Waals surface area (Å²) in [5.74, 6) is -1.14. The van der Waals surface area contributed by atoms with Crippen molar-refractivity contribution in [3.8, 4) is 6.07 Å². The van der Waals surface area contributed by atoms with Gasteiger partial charge in [-0.1, -0.05) is 6.92 Å². The van der Waals surface area contributed by atoms with Crippen molar-refractivity contribution < 1.29 is 14.8 Å². The fraction of sp³-hybridized carbons (Fsp3) is 0.417. The lowest BCUT2D eigenvalue weighted by molar-refractivity contribution is -0.384. The lowest BCUT2D eigenvalue weighted by atomic mass is 10.2. The van der Waals surface area contributed by atoms with Gasteiger partial charge in [0, 0.05) is 18.3 Å². The maximum atomic E-state index is 11.1. The highest BCUT2D eigenvalue weighted by atomic mass is 16.6. The Balaban J connectivity index is 3.35. The SMILES string of the molecule is CCC(C)N(CC(=O)O)c1ncc(C#N)cc1[N+](=O)[O-]. The standard InChI is InChI=1S/C12H14N4O4/c1-3-8(2)15(7-11(17)18)12-10(16(19)20)4-9(5-13)6-14-12/h4,6,8H,3,7H2,1-2H3,(H,17,18). The molecule has 1 atom stereocenters. The van der Waals surface area contributed by atoms with Crippen molar-refractivity contribution in [1.82, 2.24) is 4.98 Å². The van der Waals surface area contributed by atoms with E-state index in [2.05, 4.69) is 4.98 Å². The van der Waals surface area contributed by atoms with Crippen molar-refractivity contribution in [2.45, 2.75) is 26.3 Å². The van der Waals surface area contributed by atoms with Crippen molar-refractivity contribution >= 4 is 17.5 Å². The number of nitro groups is 1. The van der Waals surface area contributed by atoms with Crippen molar-refractivity contribution in [1.29, 1.82) is 5.26 Å². The normalized spacial score (nSPS) is 11.4. The van der Waals surface area contributed by atoms with Crippen LogP contribution in [0.5, 0.6) is 0 Å². The molecule has 20 heavy (non-hydrogen) atoms. The lowest BCUT2D eigenvalue weighted by Gasteiger charge is -2.27. The molecule has 8 heteroatoms. The van der Waals surface area contributed by atoms with Crippen LogP contribution in [0.25, 0.3) is 0 Å². The highest BCUT2D eigenvalue weighted by Gasteiger charge is 2.26. The Hall–Kier alpha value is -2.69. The van der Waals surface area contributed by atoms with Gasteiger partial charge in [0.05, 0.1) is 10.5 Å². The first-order chi connectivity index (χ1) is 9.40. The summed E-state index contributed by atoms with van der Waals surface area (Å²) in [5, 5.41) is 28.8. The number of carboxylic acids is 1. The number of anilines is 1. The summed E-state index contributed by atoms with van der Waals surface area (Å²) in [6, 6.07) is 2.64. The average molecular weight is 278 g/mol. The molecule has 0 bridgehead atoms. The molecule has 1 aromatic rings. The van der Waals surface area contributed by atoms with Gasteiger partial charge in [0.2, 0.25) is 5.82 Å². The number of carbonyl (C=O) groups is 1. The number of hydrogen-bond acceptors (Lipinski definition) is 6. The summed E-state index contributed by atoms with van der Waals surface area (Å²) >= 11 is 0. The molecule has 106 valence electrons. The molecule has 1 unspecified atom stereocenters. The fourth-order valence-electron chi connectivity index (χ4n) is 1.67. The van der Waals surface area contributed by atoms with Crippen LogP contribution >= 0.6 is 0 Å². The van der Waals surface area contributed by atoms with Crippen LogP contribution in [0.15, 0.2) is 12.3 Å². The maximum Gasteiger partial charge on any atom is 0.323 e. The second kappa shape index (κ2) is 6.47. The number of nitriles is 1. The smallest absolute Gasteiger partial charge is 0.323 e. The number of hydrogen-bond donors (Lipinski definition) is 1. The van der Waals surface area contributed by atoms with E-state index in [1.165, 1.54) is 11.1 Å². The van der Waals surface area contributed by atoms with Crippen LogP contribution in [0.2, 0.25) is 0 Å². The zero-order valence-corrected chi connectivity index (χ0v) is 11.1. The minimum Gasteiger partial charge on any atom is -0.480 e. The van der Waals surface area contributed by atoms with Crippen LogP contribution in [0.4, 0.5) is 11.5 Å². The summed E-state index contributed by atoms with van der Waals surface area (Å²) in [6.07, 6.45) is 1.80.